The third-order valence-electron chi connectivity index (χ3n) is 6.06. The number of hydrogen-bond donors (Lipinski definition) is 1. The van der Waals surface area contributed by atoms with Gasteiger partial charge in [0.2, 0.25) is 0 Å². The van der Waals surface area contributed by atoms with Gasteiger partial charge in [0.25, 0.3) is 6.47 Å². The van der Waals surface area contributed by atoms with Crippen LogP contribution in [0.1, 0.15) is 36.0 Å². The predicted molar refractivity (Wildman–Crippen MR) is 113 cm³/mol. The Balaban J connectivity index is 0.000000755. The number of fused-ring (bicyclic) bond motifs is 1. The molecule has 2 fully saturated rings. The maximum Gasteiger partial charge on any atom is 0.410 e. The van der Waals surface area contributed by atoms with Crippen molar-refractivity contribution < 1.29 is 19.4 Å². The number of anilines is 1. The number of nitrogens with zero attached hydrogens (tertiary/aromatic N) is 3. The number of amides is 1. The quantitative estimate of drug-likeness (QED) is 0.737. The van der Waals surface area contributed by atoms with Gasteiger partial charge in [-0.3, -0.25) is 4.79 Å². The summed E-state index contributed by atoms with van der Waals surface area (Å²) >= 11 is 0. The van der Waals surface area contributed by atoms with Gasteiger partial charge in [-0.15, -0.1) is 0 Å². The average Bonchev–Trinajstić information content (AvgIpc) is 2.83. The van der Waals surface area contributed by atoms with Crippen LogP contribution in [-0.4, -0.2) is 59.8 Å². The van der Waals surface area contributed by atoms with Gasteiger partial charge in [0.05, 0.1) is 12.1 Å². The molecule has 2 aliphatic heterocycles. The fraction of sp³-hybridized carbons (Fsp3) is 0.500. The highest BCUT2D eigenvalue weighted by molar-refractivity contribution is 5.87. The number of rotatable bonds is 1. The standard InChI is InChI=1S/C21H27N3O2.CH2O2/c1-14-6-7-17-15(2)12-18(22-19(17)16(14)3)24-10-5-8-21(9-11-24)13-23(4)20(25)26-21;2-1-3/h6-7,12H,5,8-11,13H2,1-4H3;1H,(H,2,3). The van der Waals surface area contributed by atoms with E-state index in [1.54, 1.807) is 4.90 Å². The zero-order chi connectivity index (χ0) is 21.2. The minimum Gasteiger partial charge on any atom is -0.483 e. The summed E-state index contributed by atoms with van der Waals surface area (Å²) in [7, 11) is 1.82. The summed E-state index contributed by atoms with van der Waals surface area (Å²) in [5, 5.41) is 8.12. The van der Waals surface area contributed by atoms with Crippen molar-refractivity contribution in [1.29, 1.82) is 0 Å². The van der Waals surface area contributed by atoms with Crippen LogP contribution in [0.25, 0.3) is 10.9 Å². The summed E-state index contributed by atoms with van der Waals surface area (Å²) in [5.74, 6) is 1.04. The van der Waals surface area contributed by atoms with E-state index < -0.39 is 0 Å². The van der Waals surface area contributed by atoms with Crippen LogP contribution >= 0.6 is 0 Å². The maximum atomic E-state index is 11.8. The number of aryl methyl sites for hydroxylation is 3. The number of benzene rings is 1. The number of ether oxygens (including phenoxy) is 1. The lowest BCUT2D eigenvalue weighted by molar-refractivity contribution is -0.122. The van der Waals surface area contributed by atoms with E-state index in [0.29, 0.717) is 6.54 Å². The van der Waals surface area contributed by atoms with E-state index in [1.165, 1.54) is 22.1 Å². The molecule has 2 aliphatic rings. The normalized spacial score (nSPS) is 21.6. The van der Waals surface area contributed by atoms with Crippen molar-refractivity contribution in [3.63, 3.8) is 0 Å². The van der Waals surface area contributed by atoms with Crippen molar-refractivity contribution >= 4 is 29.3 Å². The van der Waals surface area contributed by atoms with Crippen molar-refractivity contribution in [3.05, 3.63) is 34.9 Å². The van der Waals surface area contributed by atoms with Gasteiger partial charge in [-0.1, -0.05) is 12.1 Å². The van der Waals surface area contributed by atoms with Crippen LogP contribution in [0, 0.1) is 20.8 Å². The molecule has 1 spiro atoms. The van der Waals surface area contributed by atoms with Crippen LogP contribution in [0.4, 0.5) is 10.6 Å². The van der Waals surface area contributed by atoms with Gasteiger partial charge in [-0.2, -0.15) is 0 Å². The first-order valence-electron chi connectivity index (χ1n) is 9.95. The molecule has 1 aromatic carbocycles. The maximum absolute atomic E-state index is 11.8. The first kappa shape index (κ1) is 20.9. The Bertz CT molecular complexity index is 930. The number of likely N-dealkylation sites (N-methyl/N-ethyl adjacent to an activating group) is 1. The number of pyridine rings is 1. The minimum absolute atomic E-state index is 0.191. The van der Waals surface area contributed by atoms with E-state index in [-0.39, 0.29) is 18.2 Å². The Labute approximate surface area is 171 Å². The van der Waals surface area contributed by atoms with E-state index in [4.69, 9.17) is 19.6 Å². The lowest BCUT2D eigenvalue weighted by Crippen LogP contribution is -2.35. The molecule has 2 aromatic rings. The van der Waals surface area contributed by atoms with Gasteiger partial charge in [0.1, 0.15) is 11.4 Å². The first-order chi connectivity index (χ1) is 13.8. The minimum atomic E-state index is -0.320. The van der Waals surface area contributed by atoms with Crippen LogP contribution in [0.3, 0.4) is 0 Å². The number of aromatic nitrogens is 1. The summed E-state index contributed by atoms with van der Waals surface area (Å²) in [6, 6.07) is 6.55. The van der Waals surface area contributed by atoms with Gasteiger partial charge in [0.15, 0.2) is 0 Å². The molecule has 7 heteroatoms. The van der Waals surface area contributed by atoms with Crippen LogP contribution in [0.5, 0.6) is 0 Å². The van der Waals surface area contributed by atoms with E-state index in [1.807, 2.05) is 7.05 Å². The molecule has 7 nitrogen and oxygen atoms in total. The largest absolute Gasteiger partial charge is 0.483 e. The van der Waals surface area contributed by atoms with Crippen molar-refractivity contribution in [3.8, 4) is 0 Å². The third kappa shape index (κ3) is 4.13. The molecule has 3 heterocycles. The second-order valence-corrected chi connectivity index (χ2v) is 8.05. The number of hydrogen-bond acceptors (Lipinski definition) is 5. The van der Waals surface area contributed by atoms with Crippen LogP contribution in [0.15, 0.2) is 18.2 Å². The van der Waals surface area contributed by atoms with E-state index in [9.17, 15) is 4.79 Å². The highest BCUT2D eigenvalue weighted by Crippen LogP contribution is 2.34. The fourth-order valence-corrected chi connectivity index (χ4v) is 4.29. The SMILES string of the molecule is Cc1ccc2c(C)cc(N3CCCC4(CC3)CN(C)C(=O)O4)nc2c1C.O=CO. The lowest BCUT2D eigenvalue weighted by atomic mass is 9.95. The monoisotopic (exact) mass is 399 g/mol. The molecule has 156 valence electrons. The molecule has 1 atom stereocenters. The Morgan fingerprint density at radius 3 is 2.55 bits per heavy atom. The Hall–Kier alpha value is -2.83. The second-order valence-electron chi connectivity index (χ2n) is 8.05. The number of carbonyl (C=O) groups is 2. The molecule has 2 saturated heterocycles. The highest BCUT2D eigenvalue weighted by atomic mass is 16.6. The van der Waals surface area contributed by atoms with Gasteiger partial charge in [0, 0.05) is 31.9 Å². The smallest absolute Gasteiger partial charge is 0.410 e. The summed E-state index contributed by atoms with van der Waals surface area (Å²) in [6.45, 7) is 8.71. The Kier molecular flexibility index (Phi) is 5.96. The Morgan fingerprint density at radius 1 is 1.17 bits per heavy atom. The zero-order valence-electron chi connectivity index (χ0n) is 17.6. The molecule has 1 unspecified atom stereocenters. The van der Waals surface area contributed by atoms with Crippen LogP contribution in [0.2, 0.25) is 0 Å². The summed E-state index contributed by atoms with van der Waals surface area (Å²) < 4.78 is 5.73. The van der Waals surface area contributed by atoms with Crippen molar-refractivity contribution in [1.82, 2.24) is 9.88 Å². The molecular formula is C22H29N3O4. The number of carboxylic acid groups (broad SMARTS) is 1. The van der Waals surface area contributed by atoms with Gasteiger partial charge in [-0.25, -0.2) is 9.78 Å². The van der Waals surface area contributed by atoms with E-state index in [2.05, 4.69) is 43.9 Å². The highest BCUT2D eigenvalue weighted by Gasteiger charge is 2.44. The van der Waals surface area contributed by atoms with Crippen LogP contribution < -0.4 is 4.90 Å². The molecule has 4 rings (SSSR count). The van der Waals surface area contributed by atoms with Gasteiger partial charge in [-0.05, 0) is 56.4 Å². The predicted octanol–water partition coefficient (Wildman–Crippen LogP) is 3.67. The van der Waals surface area contributed by atoms with Gasteiger partial charge < -0.3 is 19.6 Å². The Morgan fingerprint density at radius 2 is 1.90 bits per heavy atom. The average molecular weight is 399 g/mol. The molecule has 1 N–H and O–H groups in total. The lowest BCUT2D eigenvalue weighted by Gasteiger charge is -2.26. The summed E-state index contributed by atoms with van der Waals surface area (Å²) in [4.78, 5) is 29.3. The number of carbonyl (C=O) groups excluding carboxylic acids is 1. The third-order valence-corrected chi connectivity index (χ3v) is 6.06. The molecular weight excluding hydrogens is 370 g/mol. The topological polar surface area (TPSA) is 83.0 Å². The fourth-order valence-electron chi connectivity index (χ4n) is 4.29. The second kappa shape index (κ2) is 8.27. The van der Waals surface area contributed by atoms with Crippen molar-refractivity contribution in [2.75, 3.05) is 31.6 Å². The molecule has 0 saturated carbocycles. The summed E-state index contributed by atoms with van der Waals surface area (Å²) in [6.07, 6.45) is 2.59. The van der Waals surface area contributed by atoms with E-state index >= 15 is 0 Å². The molecule has 1 amide bonds. The molecule has 0 bridgehead atoms. The van der Waals surface area contributed by atoms with Crippen LogP contribution in [-0.2, 0) is 9.53 Å². The zero-order valence-corrected chi connectivity index (χ0v) is 17.6. The van der Waals surface area contributed by atoms with Crippen molar-refractivity contribution in [2.45, 2.75) is 45.6 Å². The van der Waals surface area contributed by atoms with E-state index in [0.717, 1.165) is 43.7 Å². The molecule has 1 aromatic heterocycles. The molecule has 29 heavy (non-hydrogen) atoms. The summed E-state index contributed by atoms with van der Waals surface area (Å²) in [5.41, 5.74) is 4.58. The molecule has 0 radical (unpaired) electrons. The first-order valence-corrected chi connectivity index (χ1v) is 9.95. The van der Waals surface area contributed by atoms with Crippen molar-refractivity contribution in [2.24, 2.45) is 0 Å². The molecule has 0 aliphatic carbocycles. The van der Waals surface area contributed by atoms with Gasteiger partial charge >= 0.3 is 6.09 Å².